The Morgan fingerprint density at radius 3 is 1.78 bits per heavy atom. The molecule has 5 heterocycles. The molecule has 7 nitrogen and oxygen atoms in total. The van der Waals surface area contributed by atoms with Crippen LogP contribution in [0.25, 0.3) is 127 Å². The van der Waals surface area contributed by atoms with Gasteiger partial charge in [-0.3, -0.25) is 4.57 Å². The van der Waals surface area contributed by atoms with Gasteiger partial charge in [-0.05, 0) is 65.7 Å². The molecule has 0 saturated heterocycles. The molecule has 0 saturated carbocycles. The van der Waals surface area contributed by atoms with Crippen molar-refractivity contribution in [3.05, 3.63) is 170 Å². The van der Waals surface area contributed by atoms with Gasteiger partial charge in [0.05, 0.1) is 11.0 Å². The second kappa shape index (κ2) is 11.7. The first-order valence-corrected chi connectivity index (χ1v) is 19.3. The monoisotopic (exact) mass is 744 g/mol. The van der Waals surface area contributed by atoms with Gasteiger partial charge >= 0.3 is 0 Å². The van der Waals surface area contributed by atoms with Crippen molar-refractivity contribution in [2.75, 3.05) is 0 Å². The summed E-state index contributed by atoms with van der Waals surface area (Å²) in [4.78, 5) is 15.9. The summed E-state index contributed by atoms with van der Waals surface area (Å²) in [5, 5.41) is 8.27. The van der Waals surface area contributed by atoms with Crippen LogP contribution in [0.4, 0.5) is 0 Å². The van der Waals surface area contributed by atoms with E-state index in [4.69, 9.17) is 28.2 Å². The molecule has 13 rings (SSSR count). The zero-order valence-electron chi connectivity index (χ0n) is 30.7. The van der Waals surface area contributed by atoms with Crippen LogP contribution in [0.15, 0.2) is 183 Å². The summed E-state index contributed by atoms with van der Waals surface area (Å²) < 4.78 is 21.4. The fourth-order valence-corrected chi connectivity index (χ4v) is 8.90. The van der Waals surface area contributed by atoms with E-state index in [0.29, 0.717) is 17.6 Å². The first kappa shape index (κ1) is 31.2. The van der Waals surface area contributed by atoms with Crippen molar-refractivity contribution >= 4 is 87.6 Å². The minimum absolute atomic E-state index is 0.499. The van der Waals surface area contributed by atoms with Crippen molar-refractivity contribution < 1.29 is 13.3 Å². The van der Waals surface area contributed by atoms with Gasteiger partial charge in [-0.15, -0.1) is 0 Å². The maximum Gasteiger partial charge on any atom is 0.238 e. The van der Waals surface area contributed by atoms with Gasteiger partial charge in [-0.1, -0.05) is 115 Å². The van der Waals surface area contributed by atoms with E-state index in [9.17, 15) is 0 Å². The highest BCUT2D eigenvalue weighted by Crippen LogP contribution is 2.41. The van der Waals surface area contributed by atoms with Crippen molar-refractivity contribution in [3.8, 4) is 39.9 Å². The van der Waals surface area contributed by atoms with Crippen LogP contribution >= 0.6 is 0 Å². The van der Waals surface area contributed by atoms with E-state index in [2.05, 4.69) is 102 Å². The lowest BCUT2D eigenvalue weighted by atomic mass is 9.99. The standard InChI is InChI=1S/C51H28N4O3/c1-2-12-29(13-3-1)31-17-10-22-43-47(31)35-25-24-30(26-45(35)58-43)49-52-50(36-18-11-23-44-48(36)34-16-6-9-21-42(34)56-44)54-51(53-49)55-39-19-7-4-14-32(39)37-28-46-38(27-40(37)55)33-15-5-8-20-41(33)57-46/h1-28H. The van der Waals surface area contributed by atoms with Crippen LogP contribution < -0.4 is 0 Å². The predicted octanol–water partition coefficient (Wildman–Crippen LogP) is 13.7. The molecule has 5 aromatic heterocycles. The third-order valence-corrected chi connectivity index (χ3v) is 11.5. The van der Waals surface area contributed by atoms with Gasteiger partial charge in [-0.25, -0.2) is 4.98 Å². The van der Waals surface area contributed by atoms with Crippen molar-refractivity contribution in [2.24, 2.45) is 0 Å². The Labute approximate surface area is 329 Å². The Hall–Kier alpha value is -8.03. The zero-order chi connectivity index (χ0) is 37.9. The highest BCUT2D eigenvalue weighted by molar-refractivity contribution is 6.17. The minimum Gasteiger partial charge on any atom is -0.456 e. The lowest BCUT2D eigenvalue weighted by Gasteiger charge is -2.11. The molecular weight excluding hydrogens is 717 g/mol. The number of furan rings is 3. The van der Waals surface area contributed by atoms with Crippen LogP contribution in [-0.2, 0) is 0 Å². The summed E-state index contributed by atoms with van der Waals surface area (Å²) in [6.07, 6.45) is 0. The molecule has 0 aliphatic heterocycles. The van der Waals surface area contributed by atoms with E-state index in [0.717, 1.165) is 110 Å². The van der Waals surface area contributed by atoms with Crippen molar-refractivity contribution in [1.82, 2.24) is 19.5 Å². The maximum atomic E-state index is 6.58. The second-order valence-electron chi connectivity index (χ2n) is 14.7. The summed E-state index contributed by atoms with van der Waals surface area (Å²) in [6.45, 7) is 0. The first-order valence-electron chi connectivity index (χ1n) is 19.3. The quantitative estimate of drug-likeness (QED) is 0.178. The fourth-order valence-electron chi connectivity index (χ4n) is 8.90. The maximum absolute atomic E-state index is 6.58. The molecule has 0 radical (unpaired) electrons. The Kier molecular flexibility index (Phi) is 6.32. The fraction of sp³-hybridized carbons (Fsp3) is 0. The van der Waals surface area contributed by atoms with E-state index < -0.39 is 0 Å². The predicted molar refractivity (Wildman–Crippen MR) is 232 cm³/mol. The number of nitrogens with zero attached hydrogens (tertiary/aromatic N) is 4. The number of para-hydroxylation sites is 3. The lowest BCUT2D eigenvalue weighted by molar-refractivity contribution is 0.668. The van der Waals surface area contributed by atoms with Gasteiger partial charge < -0.3 is 13.3 Å². The largest absolute Gasteiger partial charge is 0.456 e. The lowest BCUT2D eigenvalue weighted by Crippen LogP contribution is -2.06. The molecule has 0 N–H and O–H groups in total. The van der Waals surface area contributed by atoms with Gasteiger partial charge in [0.1, 0.15) is 33.5 Å². The van der Waals surface area contributed by atoms with Crippen molar-refractivity contribution in [1.29, 1.82) is 0 Å². The third kappa shape index (κ3) is 4.46. The molecular formula is C51H28N4O3. The molecule has 0 aliphatic rings. The molecule has 0 atom stereocenters. The molecule has 0 fully saturated rings. The highest BCUT2D eigenvalue weighted by atomic mass is 16.3. The number of hydrogen-bond donors (Lipinski definition) is 0. The van der Waals surface area contributed by atoms with E-state index >= 15 is 0 Å². The summed E-state index contributed by atoms with van der Waals surface area (Å²) >= 11 is 0. The van der Waals surface area contributed by atoms with Gasteiger partial charge in [0.15, 0.2) is 11.6 Å². The molecule has 0 unspecified atom stereocenters. The van der Waals surface area contributed by atoms with Crippen LogP contribution in [0.5, 0.6) is 0 Å². The van der Waals surface area contributed by atoms with Crippen LogP contribution in [-0.4, -0.2) is 19.5 Å². The van der Waals surface area contributed by atoms with E-state index in [1.807, 2.05) is 72.8 Å². The smallest absolute Gasteiger partial charge is 0.238 e. The Balaban J connectivity index is 1.10. The summed E-state index contributed by atoms with van der Waals surface area (Å²) in [6, 6.07) is 57.9. The Bertz CT molecular complexity index is 3810. The molecule has 58 heavy (non-hydrogen) atoms. The van der Waals surface area contributed by atoms with E-state index in [-0.39, 0.29) is 0 Å². The molecule has 0 amide bonds. The molecule has 0 aliphatic carbocycles. The SMILES string of the molecule is c1ccc(-c2cccc3oc4cc(-c5nc(-c6cccc7oc8ccccc8c67)nc(-n6c7ccccc7c7cc8oc9ccccc9c8cc76)n5)ccc4c23)cc1. The van der Waals surface area contributed by atoms with Crippen molar-refractivity contribution in [3.63, 3.8) is 0 Å². The summed E-state index contributed by atoms with van der Waals surface area (Å²) in [7, 11) is 0. The Morgan fingerprint density at radius 2 is 0.931 bits per heavy atom. The number of fused-ring (bicyclic) bond motifs is 12. The molecule has 0 spiro atoms. The molecule has 7 heteroatoms. The highest BCUT2D eigenvalue weighted by Gasteiger charge is 2.22. The van der Waals surface area contributed by atoms with Gasteiger partial charge in [-0.2, -0.15) is 9.97 Å². The molecule has 270 valence electrons. The average Bonchev–Trinajstić information content (AvgIpc) is 4.04. The van der Waals surface area contributed by atoms with Crippen molar-refractivity contribution in [2.45, 2.75) is 0 Å². The van der Waals surface area contributed by atoms with E-state index in [1.165, 1.54) is 0 Å². The van der Waals surface area contributed by atoms with Crippen LogP contribution in [0.1, 0.15) is 0 Å². The molecule has 0 bridgehead atoms. The number of benzene rings is 8. The minimum atomic E-state index is 0.499. The topological polar surface area (TPSA) is 83.0 Å². The summed E-state index contributed by atoms with van der Waals surface area (Å²) in [5.74, 6) is 1.56. The number of rotatable bonds is 4. The van der Waals surface area contributed by atoms with Gasteiger partial charge in [0.25, 0.3) is 0 Å². The van der Waals surface area contributed by atoms with Crippen LogP contribution in [0.2, 0.25) is 0 Å². The summed E-state index contributed by atoms with van der Waals surface area (Å²) in [5.41, 5.74) is 10.7. The van der Waals surface area contributed by atoms with Gasteiger partial charge in [0.2, 0.25) is 5.95 Å². The van der Waals surface area contributed by atoms with E-state index in [1.54, 1.807) is 0 Å². The molecule has 13 aromatic rings. The Morgan fingerprint density at radius 1 is 0.328 bits per heavy atom. The number of aromatic nitrogens is 4. The first-order chi connectivity index (χ1) is 28.7. The third-order valence-electron chi connectivity index (χ3n) is 11.5. The average molecular weight is 745 g/mol. The van der Waals surface area contributed by atoms with Gasteiger partial charge in [0, 0.05) is 54.2 Å². The van der Waals surface area contributed by atoms with Crippen LogP contribution in [0.3, 0.4) is 0 Å². The normalized spacial score (nSPS) is 12.1. The van der Waals surface area contributed by atoms with Crippen LogP contribution in [0, 0.1) is 0 Å². The zero-order valence-corrected chi connectivity index (χ0v) is 30.7. The number of hydrogen-bond acceptors (Lipinski definition) is 6. The second-order valence-corrected chi connectivity index (χ2v) is 14.7. The molecule has 8 aromatic carbocycles.